The normalized spacial score (nSPS) is 15.9. The van der Waals surface area contributed by atoms with Crippen LogP contribution in [0.5, 0.6) is 11.5 Å². The predicted molar refractivity (Wildman–Crippen MR) is 102 cm³/mol. The summed E-state index contributed by atoms with van der Waals surface area (Å²) < 4.78 is 5.62. The smallest absolute Gasteiger partial charge is 0.190 e. The topological polar surface area (TPSA) is 124 Å². The lowest BCUT2D eigenvalue weighted by molar-refractivity contribution is -0.163. The van der Waals surface area contributed by atoms with Crippen LogP contribution in [0.3, 0.4) is 0 Å². The van der Waals surface area contributed by atoms with E-state index in [0.29, 0.717) is 0 Å². The third kappa shape index (κ3) is 5.07. The maximum atomic E-state index is 12.2. The molecular formula is C21H26O7. The van der Waals surface area contributed by atoms with Crippen LogP contribution in [0, 0.1) is 0 Å². The van der Waals surface area contributed by atoms with E-state index >= 15 is 0 Å². The molecule has 0 amide bonds. The molecule has 0 fully saturated rings. The van der Waals surface area contributed by atoms with Crippen molar-refractivity contribution in [2.24, 2.45) is 0 Å². The fourth-order valence-electron chi connectivity index (χ4n) is 3.00. The summed E-state index contributed by atoms with van der Waals surface area (Å²) in [5, 5.41) is 41.1. The van der Waals surface area contributed by atoms with Gasteiger partial charge in [0.1, 0.15) is 11.5 Å². The van der Waals surface area contributed by atoms with Crippen molar-refractivity contribution in [2.75, 3.05) is 0 Å². The van der Waals surface area contributed by atoms with Gasteiger partial charge in [0, 0.05) is 12.0 Å². The van der Waals surface area contributed by atoms with Crippen molar-refractivity contribution in [3.8, 4) is 11.5 Å². The molecular weight excluding hydrogens is 364 g/mol. The van der Waals surface area contributed by atoms with Crippen LogP contribution in [0.25, 0.3) is 0 Å². The molecule has 0 radical (unpaired) electrons. The number of allylic oxidation sites excluding steroid dienone is 3. The van der Waals surface area contributed by atoms with Crippen LogP contribution in [-0.2, 0) is 4.74 Å². The van der Waals surface area contributed by atoms with Crippen molar-refractivity contribution in [3.05, 3.63) is 46.6 Å². The maximum Gasteiger partial charge on any atom is 0.190 e. The Morgan fingerprint density at radius 1 is 1.14 bits per heavy atom. The SMILES string of the molecule is CC(C)=CC[C@@H](O[C@H](O)CC(C)(C)O)c1cc(O)c2c(c1O)C(=O)C=CC2=O. The van der Waals surface area contributed by atoms with Crippen molar-refractivity contribution >= 4 is 11.6 Å². The van der Waals surface area contributed by atoms with Gasteiger partial charge in [0.25, 0.3) is 0 Å². The summed E-state index contributed by atoms with van der Waals surface area (Å²) >= 11 is 0. The molecule has 0 spiro atoms. The molecule has 7 nitrogen and oxygen atoms in total. The van der Waals surface area contributed by atoms with E-state index in [1.165, 1.54) is 19.9 Å². The van der Waals surface area contributed by atoms with E-state index < -0.39 is 41.1 Å². The third-order valence-electron chi connectivity index (χ3n) is 4.27. The van der Waals surface area contributed by atoms with E-state index in [1.54, 1.807) is 0 Å². The number of ketones is 2. The number of hydrogen-bond donors (Lipinski definition) is 4. The minimum Gasteiger partial charge on any atom is -0.507 e. The molecule has 0 bridgehead atoms. The number of ether oxygens (including phenoxy) is 1. The number of rotatable bonds is 7. The first-order valence-electron chi connectivity index (χ1n) is 8.95. The molecule has 1 aliphatic rings. The monoisotopic (exact) mass is 390 g/mol. The highest BCUT2D eigenvalue weighted by molar-refractivity contribution is 6.24. The number of phenolic OH excluding ortho intramolecular Hbond substituents is 2. The minimum absolute atomic E-state index is 0.0694. The van der Waals surface area contributed by atoms with Gasteiger partial charge in [0.2, 0.25) is 0 Å². The standard InChI is InChI=1S/C21H26O7/c1-11(2)5-8-16(28-17(25)10-21(3,4)27)12-9-15(24)18-13(22)6-7-14(23)19(18)20(12)26/h5-7,9,16-17,24-27H,8,10H2,1-4H3/t16-,17+/m1/s1. The van der Waals surface area contributed by atoms with Gasteiger partial charge in [-0.25, -0.2) is 0 Å². The van der Waals surface area contributed by atoms with Crippen LogP contribution in [0.1, 0.15) is 72.9 Å². The van der Waals surface area contributed by atoms with E-state index in [0.717, 1.165) is 17.7 Å². The minimum atomic E-state index is -1.36. The first-order chi connectivity index (χ1) is 12.9. The first kappa shape index (κ1) is 21.8. The predicted octanol–water partition coefficient (Wildman–Crippen LogP) is 2.93. The summed E-state index contributed by atoms with van der Waals surface area (Å²) in [5.41, 5.74) is -0.702. The molecule has 1 aliphatic carbocycles. The summed E-state index contributed by atoms with van der Waals surface area (Å²) in [4.78, 5) is 24.2. The summed E-state index contributed by atoms with van der Waals surface area (Å²) in [6, 6.07) is 1.17. The Morgan fingerprint density at radius 3 is 2.25 bits per heavy atom. The zero-order valence-corrected chi connectivity index (χ0v) is 16.4. The van der Waals surface area contributed by atoms with Crippen molar-refractivity contribution in [1.82, 2.24) is 0 Å². The Hall–Kier alpha value is -2.48. The van der Waals surface area contributed by atoms with Gasteiger partial charge in [0.15, 0.2) is 17.9 Å². The number of carbonyl (C=O) groups is 2. The number of aliphatic hydroxyl groups is 2. The number of fused-ring (bicyclic) bond motifs is 1. The summed E-state index contributed by atoms with van der Waals surface area (Å²) in [7, 11) is 0. The van der Waals surface area contributed by atoms with E-state index in [-0.39, 0.29) is 29.5 Å². The van der Waals surface area contributed by atoms with Crippen molar-refractivity contribution in [3.63, 3.8) is 0 Å². The van der Waals surface area contributed by atoms with E-state index in [9.17, 15) is 30.0 Å². The number of aliphatic hydroxyl groups excluding tert-OH is 1. The second-order valence-electron chi connectivity index (χ2n) is 7.76. The molecule has 0 unspecified atom stereocenters. The fourth-order valence-corrected chi connectivity index (χ4v) is 3.00. The van der Waals surface area contributed by atoms with Crippen molar-refractivity contribution in [1.29, 1.82) is 0 Å². The molecule has 2 atom stereocenters. The van der Waals surface area contributed by atoms with E-state index in [1.807, 2.05) is 19.9 Å². The van der Waals surface area contributed by atoms with E-state index in [4.69, 9.17) is 4.74 Å². The molecule has 1 aromatic carbocycles. The van der Waals surface area contributed by atoms with Gasteiger partial charge in [-0.05, 0) is 52.3 Å². The summed E-state index contributed by atoms with van der Waals surface area (Å²) in [5.74, 6) is -2.12. The lowest BCUT2D eigenvalue weighted by Gasteiger charge is -2.27. The number of benzene rings is 1. The Kier molecular flexibility index (Phi) is 6.44. The molecule has 0 saturated carbocycles. The van der Waals surface area contributed by atoms with Crippen LogP contribution in [0.2, 0.25) is 0 Å². The van der Waals surface area contributed by atoms with Gasteiger partial charge < -0.3 is 25.2 Å². The Bertz CT molecular complexity index is 839. The van der Waals surface area contributed by atoms with Crippen LogP contribution in [0.15, 0.2) is 29.9 Å². The molecule has 7 heteroatoms. The van der Waals surface area contributed by atoms with Gasteiger partial charge >= 0.3 is 0 Å². The molecule has 28 heavy (non-hydrogen) atoms. The molecule has 0 aliphatic heterocycles. The second-order valence-corrected chi connectivity index (χ2v) is 7.76. The van der Waals surface area contributed by atoms with E-state index in [2.05, 4.69) is 0 Å². The van der Waals surface area contributed by atoms with Crippen molar-refractivity contribution in [2.45, 2.75) is 58.5 Å². The van der Waals surface area contributed by atoms with Gasteiger partial charge in [-0.1, -0.05) is 11.6 Å². The Balaban J connectivity index is 2.50. The first-order valence-corrected chi connectivity index (χ1v) is 8.95. The molecule has 152 valence electrons. The second kappa shape index (κ2) is 8.26. The molecule has 2 rings (SSSR count). The highest BCUT2D eigenvalue weighted by atomic mass is 16.6. The number of hydrogen-bond acceptors (Lipinski definition) is 7. The van der Waals surface area contributed by atoms with Gasteiger partial charge in [0.05, 0.1) is 22.8 Å². The van der Waals surface area contributed by atoms with Crippen LogP contribution in [-0.4, -0.2) is 43.9 Å². The van der Waals surface area contributed by atoms with Gasteiger partial charge in [-0.3, -0.25) is 9.59 Å². The molecule has 0 saturated heterocycles. The quantitative estimate of drug-likeness (QED) is 0.320. The van der Waals surface area contributed by atoms with Crippen LogP contribution in [0.4, 0.5) is 0 Å². The highest BCUT2D eigenvalue weighted by Crippen LogP contribution is 2.41. The molecule has 0 aromatic heterocycles. The average Bonchev–Trinajstić information content (AvgIpc) is 2.55. The number of aromatic hydroxyl groups is 2. The van der Waals surface area contributed by atoms with Crippen molar-refractivity contribution < 1.29 is 34.8 Å². The van der Waals surface area contributed by atoms with Crippen LogP contribution < -0.4 is 0 Å². The Morgan fingerprint density at radius 2 is 1.71 bits per heavy atom. The number of carbonyl (C=O) groups excluding carboxylic acids is 2. The fraction of sp³-hybridized carbons (Fsp3) is 0.429. The lowest BCUT2D eigenvalue weighted by atomic mass is 9.89. The molecule has 1 aromatic rings. The summed E-state index contributed by atoms with van der Waals surface area (Å²) in [6.07, 6.45) is 1.74. The highest BCUT2D eigenvalue weighted by Gasteiger charge is 2.32. The summed E-state index contributed by atoms with van der Waals surface area (Å²) in [6.45, 7) is 6.76. The largest absolute Gasteiger partial charge is 0.507 e. The molecule has 0 heterocycles. The zero-order valence-electron chi connectivity index (χ0n) is 16.4. The lowest BCUT2D eigenvalue weighted by Crippen LogP contribution is -2.29. The average molecular weight is 390 g/mol. The third-order valence-corrected chi connectivity index (χ3v) is 4.27. The Labute approximate surface area is 163 Å². The van der Waals surface area contributed by atoms with Gasteiger partial charge in [-0.2, -0.15) is 0 Å². The van der Waals surface area contributed by atoms with Crippen LogP contribution >= 0.6 is 0 Å². The van der Waals surface area contributed by atoms with Gasteiger partial charge in [-0.15, -0.1) is 0 Å². The maximum absolute atomic E-state index is 12.2. The number of phenols is 2. The zero-order chi connectivity index (χ0) is 21.2. The molecule has 4 N–H and O–H groups in total.